The van der Waals surface area contributed by atoms with Crippen molar-refractivity contribution in [3.8, 4) is 6.07 Å². The van der Waals surface area contributed by atoms with E-state index in [1.54, 1.807) is 35.1 Å². The van der Waals surface area contributed by atoms with Crippen LogP contribution in [0.4, 0.5) is 11.5 Å². The van der Waals surface area contributed by atoms with Crippen molar-refractivity contribution in [3.63, 3.8) is 0 Å². The molecule has 2 heterocycles. The van der Waals surface area contributed by atoms with Crippen molar-refractivity contribution < 1.29 is 13.2 Å². The van der Waals surface area contributed by atoms with Gasteiger partial charge >= 0.3 is 0 Å². The Morgan fingerprint density at radius 2 is 1.85 bits per heavy atom. The van der Waals surface area contributed by atoms with E-state index in [9.17, 15) is 18.5 Å². The van der Waals surface area contributed by atoms with Crippen molar-refractivity contribution >= 4 is 27.2 Å². The molecule has 1 saturated heterocycles. The number of anilines is 2. The summed E-state index contributed by atoms with van der Waals surface area (Å²) in [4.78, 5) is 14.6. The molecule has 1 saturated carbocycles. The molecule has 9 nitrogen and oxygen atoms in total. The van der Waals surface area contributed by atoms with Crippen LogP contribution in [0.1, 0.15) is 61.3 Å². The van der Waals surface area contributed by atoms with E-state index >= 15 is 0 Å². The number of hydrogen-bond acceptors (Lipinski definition) is 7. The summed E-state index contributed by atoms with van der Waals surface area (Å²) in [6.45, 7) is 2.92. The van der Waals surface area contributed by atoms with Gasteiger partial charge in [-0.15, -0.1) is 0 Å². The summed E-state index contributed by atoms with van der Waals surface area (Å²) in [6, 6.07) is 8.72. The standard InChI is InChI=1S/C24H32N6O3S/c25-16-18-6-1-2-7-22(18)30-17-21(23(26)31)24(28-30)27-19-8-10-20(11-9-19)34(32,33)15-5-14-29-12-3-4-13-29/h8-11,17-18,22H,1-7,12-15H2,(H2,26,31)(H,27,28)/t18-,22+/m1/s1. The Labute approximate surface area is 200 Å². The van der Waals surface area contributed by atoms with E-state index in [1.165, 1.54) is 12.8 Å². The van der Waals surface area contributed by atoms with E-state index in [1.807, 2.05) is 0 Å². The molecule has 1 aromatic heterocycles. The van der Waals surface area contributed by atoms with Gasteiger partial charge in [0, 0.05) is 11.9 Å². The molecule has 1 aromatic carbocycles. The molecule has 10 heteroatoms. The highest BCUT2D eigenvalue weighted by Crippen LogP contribution is 2.34. The Morgan fingerprint density at radius 3 is 2.53 bits per heavy atom. The van der Waals surface area contributed by atoms with Gasteiger partial charge in [-0.2, -0.15) is 10.4 Å². The summed E-state index contributed by atoms with van der Waals surface area (Å²) in [6.07, 6.45) is 8.25. The first-order valence-electron chi connectivity index (χ1n) is 12.0. The SMILES string of the molecule is N#C[C@H]1CCCC[C@@H]1n1cc(C(N)=O)c(Nc2ccc(S(=O)(=O)CCCN3CCCC3)cc2)n1. The van der Waals surface area contributed by atoms with Gasteiger partial charge in [-0.05, 0) is 76.0 Å². The maximum absolute atomic E-state index is 12.7. The normalized spacial score (nSPS) is 21.3. The second-order valence-corrected chi connectivity index (χ2v) is 11.3. The molecule has 1 aliphatic heterocycles. The number of rotatable bonds is 9. The fourth-order valence-corrected chi connectivity index (χ4v) is 6.19. The molecular weight excluding hydrogens is 452 g/mol. The first kappa shape index (κ1) is 24.2. The van der Waals surface area contributed by atoms with Crippen LogP contribution in [0.5, 0.6) is 0 Å². The van der Waals surface area contributed by atoms with E-state index in [4.69, 9.17) is 5.73 Å². The molecule has 3 N–H and O–H groups in total. The zero-order valence-electron chi connectivity index (χ0n) is 19.3. The van der Waals surface area contributed by atoms with Crippen LogP contribution in [0.25, 0.3) is 0 Å². The number of amides is 1. The number of nitrogens with zero attached hydrogens (tertiary/aromatic N) is 4. The molecular formula is C24H32N6O3S. The zero-order chi connectivity index (χ0) is 24.1. The lowest BCUT2D eigenvalue weighted by atomic mass is 9.85. The van der Waals surface area contributed by atoms with E-state index < -0.39 is 15.7 Å². The molecule has 2 aliphatic rings. The third kappa shape index (κ3) is 5.59. The van der Waals surface area contributed by atoms with Crippen LogP contribution in [-0.2, 0) is 9.84 Å². The Morgan fingerprint density at radius 1 is 1.15 bits per heavy atom. The van der Waals surface area contributed by atoms with Gasteiger partial charge in [0.1, 0.15) is 5.56 Å². The maximum Gasteiger partial charge on any atom is 0.254 e. The van der Waals surface area contributed by atoms with Gasteiger partial charge in [-0.3, -0.25) is 9.48 Å². The van der Waals surface area contributed by atoms with Crippen molar-refractivity contribution in [3.05, 3.63) is 36.0 Å². The number of hydrogen-bond donors (Lipinski definition) is 2. The van der Waals surface area contributed by atoms with Gasteiger partial charge in [-0.1, -0.05) is 12.8 Å². The molecule has 0 spiro atoms. The van der Waals surface area contributed by atoms with Crippen LogP contribution in [-0.4, -0.2) is 54.4 Å². The number of nitrogens with one attached hydrogen (secondary N) is 1. The van der Waals surface area contributed by atoms with Crippen LogP contribution >= 0.6 is 0 Å². The minimum atomic E-state index is -3.36. The molecule has 0 unspecified atom stereocenters. The lowest BCUT2D eigenvalue weighted by Crippen LogP contribution is -2.22. The Balaban J connectivity index is 1.44. The molecule has 0 bridgehead atoms. The molecule has 1 aliphatic carbocycles. The number of nitrogens with two attached hydrogens (primary N) is 1. The summed E-state index contributed by atoms with van der Waals surface area (Å²) in [7, 11) is -3.36. The first-order valence-corrected chi connectivity index (χ1v) is 13.6. The topological polar surface area (TPSA) is 134 Å². The lowest BCUT2D eigenvalue weighted by molar-refractivity contribution is 0.100. The fraction of sp³-hybridized carbons (Fsp3) is 0.542. The summed E-state index contributed by atoms with van der Waals surface area (Å²) in [5, 5.41) is 17.1. The van der Waals surface area contributed by atoms with Crippen LogP contribution < -0.4 is 11.1 Å². The van der Waals surface area contributed by atoms with Crippen molar-refractivity contribution in [2.45, 2.75) is 55.9 Å². The number of aromatic nitrogens is 2. The minimum absolute atomic E-state index is 0.0968. The average Bonchev–Trinajstić information content (AvgIpc) is 3.49. The van der Waals surface area contributed by atoms with Crippen molar-refractivity contribution in [1.82, 2.24) is 14.7 Å². The predicted molar refractivity (Wildman–Crippen MR) is 129 cm³/mol. The Kier molecular flexibility index (Phi) is 7.54. The van der Waals surface area contributed by atoms with Gasteiger partial charge in [0.05, 0.1) is 28.7 Å². The average molecular weight is 485 g/mol. The van der Waals surface area contributed by atoms with Gasteiger partial charge < -0.3 is 16.0 Å². The quantitative estimate of drug-likeness (QED) is 0.558. The highest BCUT2D eigenvalue weighted by molar-refractivity contribution is 7.91. The molecule has 2 atom stereocenters. The summed E-state index contributed by atoms with van der Waals surface area (Å²) >= 11 is 0. The maximum atomic E-state index is 12.7. The molecule has 2 fully saturated rings. The van der Waals surface area contributed by atoms with Crippen LogP contribution in [0, 0.1) is 17.2 Å². The largest absolute Gasteiger partial charge is 0.365 e. The predicted octanol–water partition coefficient (Wildman–Crippen LogP) is 3.24. The van der Waals surface area contributed by atoms with Crippen molar-refractivity contribution in [2.75, 3.05) is 30.7 Å². The van der Waals surface area contributed by atoms with Crippen LogP contribution in [0.3, 0.4) is 0 Å². The van der Waals surface area contributed by atoms with E-state index in [0.717, 1.165) is 45.3 Å². The molecule has 2 aromatic rings. The summed E-state index contributed by atoms with van der Waals surface area (Å²) < 4.78 is 27.1. The number of primary amides is 1. The Hall–Kier alpha value is -2.90. The lowest BCUT2D eigenvalue weighted by Gasteiger charge is -2.26. The summed E-state index contributed by atoms with van der Waals surface area (Å²) in [5.74, 6) is -0.350. The van der Waals surface area contributed by atoms with Crippen LogP contribution in [0.15, 0.2) is 35.4 Å². The second-order valence-electron chi connectivity index (χ2n) is 9.19. The number of likely N-dealkylation sites (tertiary alicyclic amines) is 1. The monoisotopic (exact) mass is 484 g/mol. The highest BCUT2D eigenvalue weighted by atomic mass is 32.2. The highest BCUT2D eigenvalue weighted by Gasteiger charge is 2.29. The smallest absolute Gasteiger partial charge is 0.254 e. The number of sulfone groups is 1. The van der Waals surface area contributed by atoms with Crippen molar-refractivity contribution in [2.24, 2.45) is 11.7 Å². The molecule has 182 valence electrons. The minimum Gasteiger partial charge on any atom is -0.365 e. The fourth-order valence-electron chi connectivity index (χ4n) is 4.90. The van der Waals surface area contributed by atoms with Crippen LogP contribution in [0.2, 0.25) is 0 Å². The van der Waals surface area contributed by atoms with Gasteiger partial charge in [0.2, 0.25) is 0 Å². The number of benzene rings is 1. The van der Waals surface area contributed by atoms with E-state index in [-0.39, 0.29) is 28.2 Å². The number of carbonyl (C=O) groups is 1. The van der Waals surface area contributed by atoms with Gasteiger partial charge in [0.15, 0.2) is 15.7 Å². The molecule has 34 heavy (non-hydrogen) atoms. The number of nitriles is 1. The summed E-state index contributed by atoms with van der Waals surface area (Å²) in [5.41, 5.74) is 6.41. The molecule has 1 amide bonds. The third-order valence-electron chi connectivity index (χ3n) is 6.79. The Bertz CT molecular complexity index is 1150. The van der Waals surface area contributed by atoms with Gasteiger partial charge in [-0.25, -0.2) is 8.42 Å². The second kappa shape index (κ2) is 10.6. The van der Waals surface area contributed by atoms with Gasteiger partial charge in [0.25, 0.3) is 5.91 Å². The van der Waals surface area contributed by atoms with Crippen molar-refractivity contribution in [1.29, 1.82) is 5.26 Å². The molecule has 0 radical (unpaired) electrons. The van der Waals surface area contributed by atoms with E-state index in [0.29, 0.717) is 17.9 Å². The molecule has 4 rings (SSSR count). The zero-order valence-corrected chi connectivity index (χ0v) is 20.1. The third-order valence-corrected chi connectivity index (χ3v) is 8.61. The number of carbonyl (C=O) groups excluding carboxylic acids is 1. The van der Waals surface area contributed by atoms with E-state index in [2.05, 4.69) is 21.4 Å². The first-order chi connectivity index (χ1) is 16.4.